The van der Waals surface area contributed by atoms with Gasteiger partial charge in [0.25, 0.3) is 0 Å². The van der Waals surface area contributed by atoms with Crippen LogP contribution >= 0.6 is 0 Å². The maximum atomic E-state index is 12.4. The van der Waals surface area contributed by atoms with Gasteiger partial charge >= 0.3 is 0 Å². The number of carbonyl (C=O) groups excluding carboxylic acids is 1. The molecule has 2 aromatic rings. The Morgan fingerprint density at radius 1 is 1.43 bits per heavy atom. The predicted octanol–water partition coefficient (Wildman–Crippen LogP) is 1.84. The molecule has 6 heteroatoms. The summed E-state index contributed by atoms with van der Waals surface area (Å²) in [5.41, 5.74) is 0.758. The molecule has 0 aliphatic carbocycles. The van der Waals surface area contributed by atoms with Crippen molar-refractivity contribution in [1.82, 2.24) is 20.8 Å². The van der Waals surface area contributed by atoms with Crippen LogP contribution in [0.2, 0.25) is 0 Å². The summed E-state index contributed by atoms with van der Waals surface area (Å²) < 4.78 is 5.30. The molecule has 122 valence electrons. The van der Waals surface area contributed by atoms with E-state index < -0.39 is 0 Å². The maximum Gasteiger partial charge on any atom is 0.231 e. The molecule has 1 saturated heterocycles. The third-order valence-electron chi connectivity index (χ3n) is 4.33. The molecule has 1 amide bonds. The molecule has 3 rings (SSSR count). The van der Waals surface area contributed by atoms with Gasteiger partial charge in [0, 0.05) is 6.54 Å². The zero-order chi connectivity index (χ0) is 16.3. The molecule has 1 aliphatic rings. The molecule has 0 bridgehead atoms. The molecule has 1 aromatic heterocycles. The molecule has 1 aliphatic heterocycles. The number of nitrogens with zero attached hydrogens (tertiary/aromatic N) is 2. The van der Waals surface area contributed by atoms with Gasteiger partial charge in [0.1, 0.15) is 0 Å². The minimum Gasteiger partial charge on any atom is -0.346 e. The van der Waals surface area contributed by atoms with Gasteiger partial charge in [-0.05, 0) is 32.4 Å². The smallest absolute Gasteiger partial charge is 0.231 e. The van der Waals surface area contributed by atoms with E-state index in [0.29, 0.717) is 24.7 Å². The van der Waals surface area contributed by atoms with E-state index >= 15 is 0 Å². The van der Waals surface area contributed by atoms with Gasteiger partial charge in [0.15, 0.2) is 5.82 Å². The quantitative estimate of drug-likeness (QED) is 0.880. The number of aromatic nitrogens is 2. The molecule has 2 unspecified atom stereocenters. The van der Waals surface area contributed by atoms with Crippen molar-refractivity contribution in [2.45, 2.75) is 32.7 Å². The van der Waals surface area contributed by atoms with Gasteiger partial charge in [0.05, 0.1) is 17.9 Å². The second kappa shape index (κ2) is 6.50. The first kappa shape index (κ1) is 15.7. The molecule has 1 fully saturated rings. The zero-order valence-electron chi connectivity index (χ0n) is 13.5. The van der Waals surface area contributed by atoms with E-state index in [2.05, 4.69) is 20.8 Å². The average molecular weight is 314 g/mol. The molecular weight excluding hydrogens is 292 g/mol. The lowest BCUT2D eigenvalue weighted by Gasteiger charge is -2.23. The molecule has 0 saturated carbocycles. The van der Waals surface area contributed by atoms with Crippen molar-refractivity contribution in [2.24, 2.45) is 5.41 Å². The highest BCUT2D eigenvalue weighted by molar-refractivity contribution is 5.83. The van der Waals surface area contributed by atoms with Crippen molar-refractivity contribution in [2.75, 3.05) is 13.1 Å². The summed E-state index contributed by atoms with van der Waals surface area (Å²) in [6.07, 6.45) is 1.44. The zero-order valence-corrected chi connectivity index (χ0v) is 13.5. The summed E-state index contributed by atoms with van der Waals surface area (Å²) in [5.74, 6) is 1.10. The van der Waals surface area contributed by atoms with Crippen LogP contribution in [0, 0.1) is 5.41 Å². The number of nitrogens with one attached hydrogen (secondary N) is 2. The van der Waals surface area contributed by atoms with Crippen LogP contribution in [-0.2, 0) is 11.2 Å². The Bertz CT molecular complexity index is 662. The van der Waals surface area contributed by atoms with E-state index in [0.717, 1.165) is 18.5 Å². The van der Waals surface area contributed by atoms with Crippen molar-refractivity contribution >= 4 is 5.91 Å². The van der Waals surface area contributed by atoms with E-state index in [9.17, 15) is 4.79 Å². The summed E-state index contributed by atoms with van der Waals surface area (Å²) in [4.78, 5) is 16.8. The number of rotatable bonds is 5. The van der Waals surface area contributed by atoms with E-state index in [1.165, 1.54) is 0 Å². The van der Waals surface area contributed by atoms with Crippen LogP contribution in [0.15, 0.2) is 34.9 Å². The second-order valence-corrected chi connectivity index (χ2v) is 6.39. The van der Waals surface area contributed by atoms with Gasteiger partial charge in [-0.25, -0.2) is 0 Å². The third-order valence-corrected chi connectivity index (χ3v) is 4.33. The van der Waals surface area contributed by atoms with Gasteiger partial charge in [-0.1, -0.05) is 35.5 Å². The summed E-state index contributed by atoms with van der Waals surface area (Å²) >= 11 is 0. The van der Waals surface area contributed by atoms with Gasteiger partial charge in [-0.3, -0.25) is 4.79 Å². The Kier molecular flexibility index (Phi) is 4.43. The van der Waals surface area contributed by atoms with Crippen molar-refractivity contribution in [1.29, 1.82) is 0 Å². The summed E-state index contributed by atoms with van der Waals surface area (Å²) in [5, 5.41) is 10.2. The van der Waals surface area contributed by atoms with Crippen LogP contribution in [-0.4, -0.2) is 29.1 Å². The highest BCUT2D eigenvalue weighted by Crippen LogP contribution is 2.25. The van der Waals surface area contributed by atoms with Crippen LogP contribution < -0.4 is 10.6 Å². The lowest BCUT2D eigenvalue weighted by Crippen LogP contribution is -2.41. The fraction of sp³-hybridized carbons (Fsp3) is 0.471. The molecule has 6 nitrogen and oxygen atoms in total. The summed E-state index contributed by atoms with van der Waals surface area (Å²) in [6.45, 7) is 5.44. The highest BCUT2D eigenvalue weighted by Gasteiger charge is 2.37. The Morgan fingerprint density at radius 2 is 2.22 bits per heavy atom. The third kappa shape index (κ3) is 3.59. The number of hydrogen-bond acceptors (Lipinski definition) is 5. The molecule has 2 N–H and O–H groups in total. The first-order valence-electron chi connectivity index (χ1n) is 7.95. The van der Waals surface area contributed by atoms with Crippen molar-refractivity contribution < 1.29 is 9.32 Å². The standard InChI is InChI=1S/C17H22N4O2/c1-12(19-16(22)17(2)8-9-18-11-17)15-20-14(23-21-15)10-13-6-4-3-5-7-13/h3-7,12,18H,8-11H2,1-2H3,(H,19,22). The predicted molar refractivity (Wildman–Crippen MR) is 85.7 cm³/mol. The largest absolute Gasteiger partial charge is 0.346 e. The summed E-state index contributed by atoms with van der Waals surface area (Å²) in [6, 6.07) is 9.69. The Hall–Kier alpha value is -2.21. The Morgan fingerprint density at radius 3 is 2.91 bits per heavy atom. The van der Waals surface area contributed by atoms with Crippen molar-refractivity contribution in [3.8, 4) is 0 Å². The maximum absolute atomic E-state index is 12.4. The van der Waals surface area contributed by atoms with Crippen molar-refractivity contribution in [3.63, 3.8) is 0 Å². The molecule has 1 aromatic carbocycles. The Balaban J connectivity index is 1.62. The summed E-state index contributed by atoms with van der Waals surface area (Å²) in [7, 11) is 0. The van der Waals surface area contributed by atoms with Gasteiger partial charge in [0.2, 0.25) is 11.8 Å². The number of benzene rings is 1. The van der Waals surface area contributed by atoms with Crippen LogP contribution in [0.3, 0.4) is 0 Å². The molecule has 23 heavy (non-hydrogen) atoms. The number of amides is 1. The van der Waals surface area contributed by atoms with Gasteiger partial charge in [-0.15, -0.1) is 0 Å². The van der Waals surface area contributed by atoms with Crippen LogP contribution in [0.4, 0.5) is 0 Å². The van der Waals surface area contributed by atoms with Gasteiger partial charge in [-0.2, -0.15) is 4.98 Å². The lowest BCUT2D eigenvalue weighted by molar-refractivity contribution is -0.130. The van der Waals surface area contributed by atoms with E-state index in [1.54, 1.807) is 0 Å². The second-order valence-electron chi connectivity index (χ2n) is 6.39. The highest BCUT2D eigenvalue weighted by atomic mass is 16.5. The number of hydrogen-bond donors (Lipinski definition) is 2. The van der Waals surface area contributed by atoms with Gasteiger partial charge < -0.3 is 15.2 Å². The van der Waals surface area contributed by atoms with Crippen LogP contribution in [0.5, 0.6) is 0 Å². The molecule has 2 atom stereocenters. The molecular formula is C17H22N4O2. The molecule has 2 heterocycles. The molecule has 0 radical (unpaired) electrons. The van der Waals surface area contributed by atoms with Crippen LogP contribution in [0.1, 0.15) is 43.6 Å². The first-order valence-corrected chi connectivity index (χ1v) is 7.95. The van der Waals surface area contributed by atoms with E-state index in [4.69, 9.17) is 4.52 Å². The first-order chi connectivity index (χ1) is 11.1. The minimum atomic E-state index is -0.356. The van der Waals surface area contributed by atoms with E-state index in [-0.39, 0.29) is 17.4 Å². The minimum absolute atomic E-state index is 0.0319. The Labute approximate surface area is 135 Å². The normalized spacial score (nSPS) is 22.0. The fourth-order valence-corrected chi connectivity index (χ4v) is 2.73. The van der Waals surface area contributed by atoms with Crippen molar-refractivity contribution in [3.05, 3.63) is 47.6 Å². The topological polar surface area (TPSA) is 80.0 Å². The monoisotopic (exact) mass is 314 g/mol. The van der Waals surface area contributed by atoms with Crippen LogP contribution in [0.25, 0.3) is 0 Å². The fourth-order valence-electron chi connectivity index (χ4n) is 2.73. The number of carbonyl (C=O) groups is 1. The SMILES string of the molecule is CC(NC(=O)C1(C)CCNC1)c1noc(Cc2ccccc2)n1. The average Bonchev–Trinajstić information content (AvgIpc) is 3.18. The molecule has 0 spiro atoms. The lowest BCUT2D eigenvalue weighted by atomic mass is 9.88. The van der Waals surface area contributed by atoms with E-state index in [1.807, 2.05) is 44.2 Å².